The van der Waals surface area contributed by atoms with Gasteiger partial charge in [-0.25, -0.2) is 0 Å². The zero-order valence-corrected chi connectivity index (χ0v) is 6.68. The Bertz CT molecular complexity index is 86.7. The van der Waals surface area contributed by atoms with Crippen LogP contribution in [0.25, 0.3) is 0 Å². The van der Waals surface area contributed by atoms with E-state index in [2.05, 4.69) is 20.8 Å². The van der Waals surface area contributed by atoms with Crippen molar-refractivity contribution < 1.29 is 0 Å². The molecule has 0 aliphatic heterocycles. The van der Waals surface area contributed by atoms with Gasteiger partial charge in [0, 0.05) is 21.0 Å². The zero-order valence-electron chi connectivity index (χ0n) is 6.68. The lowest BCUT2D eigenvalue weighted by atomic mass is 9.26. The Kier molecular flexibility index (Phi) is 2.87. The lowest BCUT2D eigenvalue weighted by molar-refractivity contribution is 0.301. The number of hydrogen-bond donors (Lipinski definition) is 0. The highest BCUT2D eigenvalue weighted by molar-refractivity contribution is 7.27. The van der Waals surface area contributed by atoms with Gasteiger partial charge in [0.05, 0.1) is 0 Å². The van der Waals surface area contributed by atoms with Crippen LogP contribution in [0.1, 0.15) is 20.8 Å². The van der Waals surface area contributed by atoms with Crippen molar-refractivity contribution in [3.8, 4) is 0 Å². The molecule has 0 aliphatic rings. The Balaban J connectivity index is 3.88. The molecule has 0 fully saturated rings. The van der Waals surface area contributed by atoms with E-state index in [9.17, 15) is 0 Å². The molecule has 0 aromatic rings. The van der Waals surface area contributed by atoms with Gasteiger partial charge in [-0.1, -0.05) is 0 Å². The topological polar surface area (TPSA) is 3.24 Å². The van der Waals surface area contributed by atoms with Gasteiger partial charge in [0.1, 0.15) is 6.63 Å². The molecule has 4 heteroatoms. The van der Waals surface area contributed by atoms with Crippen LogP contribution in [0.5, 0.6) is 0 Å². The molecule has 0 amide bonds. The van der Waals surface area contributed by atoms with Gasteiger partial charge >= 0.3 is 0 Å². The largest absolute Gasteiger partial charge is 0.357 e. The second kappa shape index (κ2) is 2.83. The van der Waals surface area contributed by atoms with Crippen LogP contribution in [0.4, 0.5) is 0 Å². The van der Waals surface area contributed by atoms with E-state index in [0.717, 1.165) is 0 Å². The Morgan fingerprint density at radius 2 is 1.56 bits per heavy atom. The van der Waals surface area contributed by atoms with E-state index in [4.69, 9.17) is 15.5 Å². The van der Waals surface area contributed by atoms with Crippen molar-refractivity contribution in [3.05, 3.63) is 0 Å². The molecule has 0 bridgehead atoms. The Hall–Kier alpha value is 0.155. The highest BCUT2D eigenvalue weighted by Gasteiger charge is 2.19. The SMILES string of the molecule is [B]B([B])N(C)C(C)(C)C. The smallest absolute Gasteiger partial charge is 0.120 e. The molecule has 0 aromatic carbocycles. The van der Waals surface area contributed by atoms with Crippen LogP contribution in [-0.2, 0) is 0 Å². The van der Waals surface area contributed by atoms with Gasteiger partial charge in [-0.15, -0.1) is 0 Å². The zero-order chi connectivity index (χ0) is 7.65. The van der Waals surface area contributed by atoms with Crippen LogP contribution in [0.2, 0.25) is 0 Å². The molecule has 0 atom stereocenters. The van der Waals surface area contributed by atoms with Gasteiger partial charge < -0.3 is 4.81 Å². The summed E-state index contributed by atoms with van der Waals surface area (Å²) in [5.41, 5.74) is 0.0637. The summed E-state index contributed by atoms with van der Waals surface area (Å²) in [6, 6.07) is 0. The van der Waals surface area contributed by atoms with E-state index in [0.29, 0.717) is 0 Å². The maximum atomic E-state index is 5.43. The molecule has 4 radical (unpaired) electrons. The highest BCUT2D eigenvalue weighted by atomic mass is 15.1. The second-order valence-corrected chi connectivity index (χ2v) is 3.27. The number of hydrogen-bond acceptors (Lipinski definition) is 1. The predicted molar refractivity (Wildman–Crippen MR) is 44.8 cm³/mol. The number of rotatable bonds is 1. The third-order valence-corrected chi connectivity index (χ3v) is 1.51. The molecule has 0 heterocycles. The molecule has 46 valence electrons. The minimum Gasteiger partial charge on any atom is -0.357 e. The van der Waals surface area contributed by atoms with Crippen LogP contribution in [-0.4, -0.2) is 39.5 Å². The second-order valence-electron chi connectivity index (χ2n) is 3.27. The Morgan fingerprint density at radius 3 is 1.56 bits per heavy atom. The van der Waals surface area contributed by atoms with Crippen LogP contribution in [0.15, 0.2) is 0 Å². The third kappa shape index (κ3) is 3.00. The predicted octanol–water partition coefficient (Wildman–Crippen LogP) is 0.0386. The Labute approximate surface area is 61.1 Å². The molecule has 0 N–H and O–H groups in total. The van der Waals surface area contributed by atoms with Gasteiger partial charge in [0.15, 0.2) is 0 Å². The summed E-state index contributed by atoms with van der Waals surface area (Å²) in [7, 11) is 12.8. The third-order valence-electron chi connectivity index (χ3n) is 1.51. The van der Waals surface area contributed by atoms with Crippen molar-refractivity contribution >= 4 is 22.1 Å². The fourth-order valence-electron chi connectivity index (χ4n) is 0.447. The van der Waals surface area contributed by atoms with Crippen LogP contribution < -0.4 is 0 Å². The summed E-state index contributed by atoms with van der Waals surface area (Å²) < 4.78 is 0. The van der Waals surface area contributed by atoms with E-state index < -0.39 is 0 Å². The van der Waals surface area contributed by atoms with Crippen molar-refractivity contribution in [1.29, 1.82) is 0 Å². The molecule has 0 spiro atoms. The fourth-order valence-corrected chi connectivity index (χ4v) is 0.447. The van der Waals surface area contributed by atoms with Crippen LogP contribution in [0, 0.1) is 0 Å². The quantitative estimate of drug-likeness (QED) is 0.440. The summed E-state index contributed by atoms with van der Waals surface area (Å²) in [6.45, 7) is 5.85. The lowest BCUT2D eigenvalue weighted by Crippen LogP contribution is -2.49. The van der Waals surface area contributed by atoms with Gasteiger partial charge in [-0.3, -0.25) is 0 Å². The molecule has 0 saturated heterocycles. The molecule has 0 rings (SSSR count). The molecule has 0 aromatic heterocycles. The first-order valence-corrected chi connectivity index (χ1v) is 3.10. The number of nitrogens with zero attached hydrogens (tertiary/aromatic N) is 1. The summed E-state index contributed by atoms with van der Waals surface area (Å²) in [4.78, 5) is 1.91. The van der Waals surface area contributed by atoms with E-state index in [1.807, 2.05) is 11.9 Å². The fraction of sp³-hybridized carbons (Fsp3) is 1.00. The molecular weight excluding hydrogens is 106 g/mol. The first-order valence-electron chi connectivity index (χ1n) is 3.10. The van der Waals surface area contributed by atoms with E-state index in [1.54, 1.807) is 0 Å². The van der Waals surface area contributed by atoms with E-state index in [1.165, 1.54) is 0 Å². The van der Waals surface area contributed by atoms with E-state index >= 15 is 0 Å². The average molecular weight is 119 g/mol. The van der Waals surface area contributed by atoms with Gasteiger partial charge in [0.2, 0.25) is 0 Å². The van der Waals surface area contributed by atoms with Crippen LogP contribution >= 0.6 is 0 Å². The van der Waals surface area contributed by atoms with Crippen molar-refractivity contribution in [3.63, 3.8) is 0 Å². The van der Waals surface area contributed by atoms with Crippen molar-refractivity contribution in [2.75, 3.05) is 7.05 Å². The minimum absolute atomic E-state index is 0.0637. The van der Waals surface area contributed by atoms with Crippen molar-refractivity contribution in [2.24, 2.45) is 0 Å². The van der Waals surface area contributed by atoms with Gasteiger partial charge in [-0.2, -0.15) is 0 Å². The van der Waals surface area contributed by atoms with Crippen molar-refractivity contribution in [2.45, 2.75) is 26.3 Å². The highest BCUT2D eigenvalue weighted by Crippen LogP contribution is 2.09. The monoisotopic (exact) mass is 119 g/mol. The maximum Gasteiger partial charge on any atom is 0.120 e. The molecule has 0 unspecified atom stereocenters. The molecule has 9 heavy (non-hydrogen) atoms. The van der Waals surface area contributed by atoms with Crippen molar-refractivity contribution in [1.82, 2.24) is 4.81 Å². The van der Waals surface area contributed by atoms with E-state index in [-0.39, 0.29) is 12.2 Å². The normalized spacial score (nSPS) is 12.1. The summed E-state index contributed by atoms with van der Waals surface area (Å²) in [5.74, 6) is 0. The Morgan fingerprint density at radius 1 is 1.22 bits per heavy atom. The van der Waals surface area contributed by atoms with Gasteiger partial charge in [-0.05, 0) is 27.8 Å². The first-order chi connectivity index (χ1) is 3.85. The van der Waals surface area contributed by atoms with Gasteiger partial charge in [0.25, 0.3) is 0 Å². The molecule has 0 aliphatic carbocycles. The summed E-state index contributed by atoms with van der Waals surface area (Å²) in [6.07, 6.45) is 0. The first kappa shape index (κ1) is 9.15. The lowest BCUT2D eigenvalue weighted by Gasteiger charge is -2.35. The summed E-state index contributed by atoms with van der Waals surface area (Å²) >= 11 is 0. The standard InChI is InChI=1S/C5H12B3N/c1-5(2,3)9(4)8(6)7/h1-4H3. The average Bonchev–Trinajstić information content (AvgIpc) is 1.62. The molecule has 0 saturated carbocycles. The molecular formula is C5H12B3N. The summed E-state index contributed by atoms with van der Waals surface area (Å²) in [5, 5.41) is 0. The van der Waals surface area contributed by atoms with Crippen LogP contribution in [0.3, 0.4) is 0 Å². The molecule has 1 nitrogen and oxygen atoms in total. The maximum absolute atomic E-state index is 5.43. The minimum atomic E-state index is -0.356.